The number of hydrogen-bond acceptors (Lipinski definition) is 3. The SMILES string of the molecule is O=C(NCCCC(=O)N1CCN(C(=O)Cc2ccc(F)cc2)CC1)c1ccc(Cl)cc1. The van der Waals surface area contributed by atoms with E-state index in [0.29, 0.717) is 56.2 Å². The topological polar surface area (TPSA) is 69.7 Å². The lowest BCUT2D eigenvalue weighted by atomic mass is 10.1. The van der Waals surface area contributed by atoms with E-state index in [1.807, 2.05) is 0 Å². The van der Waals surface area contributed by atoms with E-state index in [1.54, 1.807) is 46.2 Å². The lowest BCUT2D eigenvalue weighted by Gasteiger charge is -2.35. The van der Waals surface area contributed by atoms with Crippen LogP contribution in [0.1, 0.15) is 28.8 Å². The molecule has 8 heteroatoms. The summed E-state index contributed by atoms with van der Waals surface area (Å²) in [5, 5.41) is 3.37. The largest absolute Gasteiger partial charge is 0.352 e. The van der Waals surface area contributed by atoms with Gasteiger partial charge in [-0.3, -0.25) is 14.4 Å². The molecule has 1 N–H and O–H groups in total. The van der Waals surface area contributed by atoms with Crippen LogP contribution in [-0.4, -0.2) is 60.2 Å². The number of hydrogen-bond donors (Lipinski definition) is 1. The summed E-state index contributed by atoms with van der Waals surface area (Å²) in [4.78, 5) is 40.4. The zero-order chi connectivity index (χ0) is 22.2. The van der Waals surface area contributed by atoms with E-state index in [2.05, 4.69) is 5.32 Å². The summed E-state index contributed by atoms with van der Waals surface area (Å²) >= 11 is 5.81. The van der Waals surface area contributed by atoms with Crippen molar-refractivity contribution >= 4 is 29.3 Å². The molecule has 2 aromatic carbocycles. The third kappa shape index (κ3) is 6.79. The second kappa shape index (κ2) is 10.9. The molecule has 164 valence electrons. The molecule has 0 atom stereocenters. The summed E-state index contributed by atoms with van der Waals surface area (Å²) in [7, 11) is 0. The average Bonchev–Trinajstić information content (AvgIpc) is 2.78. The summed E-state index contributed by atoms with van der Waals surface area (Å²) in [6, 6.07) is 12.5. The summed E-state index contributed by atoms with van der Waals surface area (Å²) in [5.74, 6) is -0.528. The van der Waals surface area contributed by atoms with Gasteiger partial charge < -0.3 is 15.1 Å². The van der Waals surface area contributed by atoms with E-state index in [9.17, 15) is 18.8 Å². The molecule has 0 bridgehead atoms. The van der Waals surface area contributed by atoms with Crippen molar-refractivity contribution in [3.63, 3.8) is 0 Å². The quantitative estimate of drug-likeness (QED) is 0.666. The lowest BCUT2D eigenvalue weighted by molar-refractivity contribution is -0.139. The Morgan fingerprint density at radius 1 is 0.871 bits per heavy atom. The van der Waals surface area contributed by atoms with Gasteiger partial charge in [0.25, 0.3) is 5.91 Å². The van der Waals surface area contributed by atoms with Crippen LogP contribution in [0.3, 0.4) is 0 Å². The Hall–Kier alpha value is -2.93. The minimum Gasteiger partial charge on any atom is -0.352 e. The fourth-order valence-corrected chi connectivity index (χ4v) is 3.52. The molecule has 0 aromatic heterocycles. The van der Waals surface area contributed by atoms with Gasteiger partial charge in [-0.15, -0.1) is 0 Å². The number of carbonyl (C=O) groups is 3. The van der Waals surface area contributed by atoms with Gasteiger partial charge in [-0.25, -0.2) is 4.39 Å². The molecule has 0 radical (unpaired) electrons. The van der Waals surface area contributed by atoms with Crippen LogP contribution < -0.4 is 5.32 Å². The number of halogens is 2. The third-order valence-electron chi connectivity index (χ3n) is 5.21. The minimum absolute atomic E-state index is 0.0198. The van der Waals surface area contributed by atoms with Crippen LogP contribution in [0.4, 0.5) is 4.39 Å². The van der Waals surface area contributed by atoms with Crippen molar-refractivity contribution in [2.24, 2.45) is 0 Å². The second-order valence-corrected chi connectivity index (χ2v) is 7.87. The molecule has 1 aliphatic rings. The van der Waals surface area contributed by atoms with Crippen molar-refractivity contribution in [1.29, 1.82) is 0 Å². The van der Waals surface area contributed by atoms with Gasteiger partial charge in [0.1, 0.15) is 5.82 Å². The van der Waals surface area contributed by atoms with Crippen molar-refractivity contribution in [3.8, 4) is 0 Å². The highest BCUT2D eigenvalue weighted by Crippen LogP contribution is 2.11. The molecule has 3 rings (SSSR count). The highest BCUT2D eigenvalue weighted by atomic mass is 35.5. The van der Waals surface area contributed by atoms with Crippen molar-refractivity contribution in [1.82, 2.24) is 15.1 Å². The molecule has 1 saturated heterocycles. The number of amides is 3. The van der Waals surface area contributed by atoms with E-state index in [0.717, 1.165) is 5.56 Å². The molecule has 3 amide bonds. The molecular formula is C23H25ClFN3O3. The van der Waals surface area contributed by atoms with E-state index in [1.165, 1.54) is 12.1 Å². The fourth-order valence-electron chi connectivity index (χ4n) is 3.40. The number of benzene rings is 2. The first-order chi connectivity index (χ1) is 14.9. The Morgan fingerprint density at radius 3 is 2.06 bits per heavy atom. The summed E-state index contributed by atoms with van der Waals surface area (Å²) in [6.07, 6.45) is 1.11. The standard InChI is InChI=1S/C23H25ClFN3O3/c24-19-7-5-18(6-8-19)23(31)26-11-1-2-21(29)27-12-14-28(15-13-27)22(30)16-17-3-9-20(25)10-4-17/h3-10H,1-2,11-16H2,(H,26,31). The van der Waals surface area contributed by atoms with E-state index >= 15 is 0 Å². The summed E-state index contributed by atoms with van der Waals surface area (Å²) in [6.45, 7) is 2.36. The number of carbonyl (C=O) groups excluding carboxylic acids is 3. The Kier molecular flexibility index (Phi) is 8.00. The highest BCUT2D eigenvalue weighted by Gasteiger charge is 2.23. The van der Waals surface area contributed by atoms with Crippen LogP contribution >= 0.6 is 11.6 Å². The van der Waals surface area contributed by atoms with Crippen molar-refractivity contribution < 1.29 is 18.8 Å². The molecule has 1 heterocycles. The molecule has 0 aliphatic carbocycles. The molecule has 0 saturated carbocycles. The molecule has 6 nitrogen and oxygen atoms in total. The van der Waals surface area contributed by atoms with E-state index < -0.39 is 0 Å². The Balaban J connectivity index is 1.34. The maximum Gasteiger partial charge on any atom is 0.251 e. The monoisotopic (exact) mass is 445 g/mol. The van der Waals surface area contributed by atoms with Gasteiger partial charge in [-0.05, 0) is 48.4 Å². The van der Waals surface area contributed by atoms with Gasteiger partial charge in [0.2, 0.25) is 11.8 Å². The van der Waals surface area contributed by atoms with Crippen molar-refractivity contribution in [2.75, 3.05) is 32.7 Å². The van der Waals surface area contributed by atoms with Crippen molar-refractivity contribution in [2.45, 2.75) is 19.3 Å². The van der Waals surface area contributed by atoms with Crippen LogP contribution in [0.5, 0.6) is 0 Å². The first-order valence-electron chi connectivity index (χ1n) is 10.3. The van der Waals surface area contributed by atoms with Crippen LogP contribution in [-0.2, 0) is 16.0 Å². The number of rotatable bonds is 7. The Labute approximate surface area is 186 Å². The predicted octanol–water partition coefficient (Wildman–Crippen LogP) is 2.90. The lowest BCUT2D eigenvalue weighted by Crippen LogP contribution is -2.51. The Morgan fingerprint density at radius 2 is 1.45 bits per heavy atom. The molecule has 2 aromatic rings. The van der Waals surface area contributed by atoms with Crippen molar-refractivity contribution in [3.05, 3.63) is 70.5 Å². The molecule has 31 heavy (non-hydrogen) atoms. The number of nitrogens with one attached hydrogen (secondary N) is 1. The molecular weight excluding hydrogens is 421 g/mol. The Bertz CT molecular complexity index is 911. The fraction of sp³-hybridized carbons (Fsp3) is 0.348. The summed E-state index contributed by atoms with van der Waals surface area (Å²) < 4.78 is 13.0. The summed E-state index contributed by atoms with van der Waals surface area (Å²) in [5.41, 5.74) is 1.29. The minimum atomic E-state index is -0.326. The van der Waals surface area contributed by atoms with Gasteiger partial charge in [-0.1, -0.05) is 23.7 Å². The molecule has 0 unspecified atom stereocenters. The first-order valence-corrected chi connectivity index (χ1v) is 10.6. The number of piperazine rings is 1. The third-order valence-corrected chi connectivity index (χ3v) is 5.47. The first kappa shape index (κ1) is 22.7. The van der Waals surface area contributed by atoms with Gasteiger partial charge in [0, 0.05) is 49.7 Å². The van der Waals surface area contributed by atoms with E-state index in [4.69, 9.17) is 11.6 Å². The zero-order valence-electron chi connectivity index (χ0n) is 17.2. The van der Waals surface area contributed by atoms with Crippen LogP contribution in [0, 0.1) is 5.82 Å². The maximum absolute atomic E-state index is 13.0. The highest BCUT2D eigenvalue weighted by molar-refractivity contribution is 6.30. The normalized spacial score (nSPS) is 13.7. The average molecular weight is 446 g/mol. The maximum atomic E-state index is 13.0. The number of nitrogens with zero attached hydrogens (tertiary/aromatic N) is 2. The van der Waals surface area contributed by atoms with Gasteiger partial charge in [0.15, 0.2) is 0 Å². The van der Waals surface area contributed by atoms with E-state index in [-0.39, 0.29) is 30.0 Å². The van der Waals surface area contributed by atoms with Crippen LogP contribution in [0.15, 0.2) is 48.5 Å². The molecule has 1 aliphatic heterocycles. The van der Waals surface area contributed by atoms with Crippen LogP contribution in [0.25, 0.3) is 0 Å². The molecule has 0 spiro atoms. The van der Waals surface area contributed by atoms with Crippen LogP contribution in [0.2, 0.25) is 5.02 Å². The zero-order valence-corrected chi connectivity index (χ0v) is 17.9. The molecule has 1 fully saturated rings. The van der Waals surface area contributed by atoms with Gasteiger partial charge in [0.05, 0.1) is 6.42 Å². The van der Waals surface area contributed by atoms with Gasteiger partial charge >= 0.3 is 0 Å². The second-order valence-electron chi connectivity index (χ2n) is 7.43. The predicted molar refractivity (Wildman–Crippen MR) is 116 cm³/mol. The smallest absolute Gasteiger partial charge is 0.251 e. The van der Waals surface area contributed by atoms with Gasteiger partial charge in [-0.2, -0.15) is 0 Å².